The van der Waals surface area contributed by atoms with E-state index < -0.39 is 0 Å². The van der Waals surface area contributed by atoms with Gasteiger partial charge in [0.15, 0.2) is 5.58 Å². The van der Waals surface area contributed by atoms with Gasteiger partial charge in [-0.15, -0.1) is 0 Å². The van der Waals surface area contributed by atoms with Gasteiger partial charge in [-0.05, 0) is 36.8 Å². The van der Waals surface area contributed by atoms with Crippen LogP contribution in [-0.4, -0.2) is 18.2 Å². The number of hydrogen-bond donors (Lipinski definition) is 1. The monoisotopic (exact) mass is 296 g/mol. The Morgan fingerprint density at radius 1 is 1.27 bits per heavy atom. The molecule has 22 heavy (non-hydrogen) atoms. The van der Waals surface area contributed by atoms with Gasteiger partial charge in [0, 0.05) is 5.39 Å². The average Bonchev–Trinajstić information content (AvgIpc) is 2.91. The van der Waals surface area contributed by atoms with Gasteiger partial charge in [0.1, 0.15) is 11.4 Å². The predicted octanol–water partition coefficient (Wildman–Crippen LogP) is 3.33. The van der Waals surface area contributed by atoms with E-state index in [1.807, 2.05) is 49.4 Å². The molecule has 0 bridgehead atoms. The summed E-state index contributed by atoms with van der Waals surface area (Å²) in [5.74, 6) is 0.465. The van der Waals surface area contributed by atoms with Gasteiger partial charge in [0.25, 0.3) is 0 Å². The molecule has 0 unspecified atom stereocenters. The second kappa shape index (κ2) is 5.89. The van der Waals surface area contributed by atoms with E-state index in [2.05, 4.69) is 10.5 Å². The van der Waals surface area contributed by atoms with Crippen LogP contribution >= 0.6 is 0 Å². The SMILES string of the molecule is COc1ccc(C)cc1NC(=O)Cc1noc2ccccc12. The smallest absolute Gasteiger partial charge is 0.230 e. The minimum absolute atomic E-state index is 0.147. The van der Waals surface area contributed by atoms with Crippen LogP contribution in [0.25, 0.3) is 11.0 Å². The Morgan fingerprint density at radius 3 is 2.91 bits per heavy atom. The van der Waals surface area contributed by atoms with Gasteiger partial charge in [-0.3, -0.25) is 4.79 Å². The highest BCUT2D eigenvalue weighted by Crippen LogP contribution is 2.25. The van der Waals surface area contributed by atoms with Crippen LogP contribution in [0.1, 0.15) is 11.3 Å². The number of ether oxygens (including phenoxy) is 1. The van der Waals surface area contributed by atoms with Crippen LogP contribution in [0.4, 0.5) is 5.69 Å². The molecule has 0 saturated heterocycles. The number of amides is 1. The van der Waals surface area contributed by atoms with E-state index in [9.17, 15) is 4.79 Å². The van der Waals surface area contributed by atoms with Crippen LogP contribution in [0.15, 0.2) is 47.0 Å². The number of benzene rings is 2. The molecule has 0 aliphatic rings. The highest BCUT2D eigenvalue weighted by atomic mass is 16.5. The molecule has 0 aliphatic heterocycles. The maximum Gasteiger partial charge on any atom is 0.230 e. The normalized spacial score (nSPS) is 10.6. The summed E-state index contributed by atoms with van der Waals surface area (Å²) in [6.45, 7) is 1.96. The fourth-order valence-electron chi connectivity index (χ4n) is 2.33. The Labute approximate surface area is 127 Å². The van der Waals surface area contributed by atoms with Crippen LogP contribution < -0.4 is 10.1 Å². The van der Waals surface area contributed by atoms with E-state index in [0.717, 1.165) is 10.9 Å². The first-order valence-electron chi connectivity index (χ1n) is 6.95. The molecule has 0 spiro atoms. The van der Waals surface area contributed by atoms with Crippen molar-refractivity contribution in [2.75, 3.05) is 12.4 Å². The molecule has 3 rings (SSSR count). The van der Waals surface area contributed by atoms with E-state index >= 15 is 0 Å². The molecule has 1 amide bonds. The lowest BCUT2D eigenvalue weighted by Crippen LogP contribution is -2.15. The third-order valence-electron chi connectivity index (χ3n) is 3.41. The summed E-state index contributed by atoms with van der Waals surface area (Å²) in [5, 5.41) is 7.69. The molecule has 0 radical (unpaired) electrons. The lowest BCUT2D eigenvalue weighted by Gasteiger charge is -2.10. The van der Waals surface area contributed by atoms with Crippen molar-refractivity contribution in [2.24, 2.45) is 0 Å². The molecule has 112 valence electrons. The third-order valence-corrected chi connectivity index (χ3v) is 3.41. The van der Waals surface area contributed by atoms with Crippen molar-refractivity contribution in [2.45, 2.75) is 13.3 Å². The number of carbonyl (C=O) groups excluding carboxylic acids is 1. The Kier molecular flexibility index (Phi) is 3.78. The Hall–Kier alpha value is -2.82. The highest BCUT2D eigenvalue weighted by molar-refractivity contribution is 5.95. The number of rotatable bonds is 4. The number of anilines is 1. The van der Waals surface area contributed by atoms with Crippen molar-refractivity contribution in [3.8, 4) is 5.75 Å². The maximum absolute atomic E-state index is 12.3. The molecule has 3 aromatic rings. The van der Waals surface area contributed by atoms with E-state index in [0.29, 0.717) is 22.7 Å². The molecule has 5 nitrogen and oxygen atoms in total. The first-order chi connectivity index (χ1) is 10.7. The van der Waals surface area contributed by atoms with Gasteiger partial charge in [-0.1, -0.05) is 23.4 Å². The summed E-state index contributed by atoms with van der Waals surface area (Å²) in [4.78, 5) is 12.3. The lowest BCUT2D eigenvalue weighted by molar-refractivity contribution is -0.115. The van der Waals surface area contributed by atoms with Crippen molar-refractivity contribution in [3.05, 3.63) is 53.7 Å². The number of nitrogens with one attached hydrogen (secondary N) is 1. The van der Waals surface area contributed by atoms with Gasteiger partial charge in [-0.2, -0.15) is 0 Å². The van der Waals surface area contributed by atoms with Crippen molar-refractivity contribution >= 4 is 22.6 Å². The second-order valence-corrected chi connectivity index (χ2v) is 5.05. The molecule has 0 aliphatic carbocycles. The minimum atomic E-state index is -0.164. The van der Waals surface area contributed by atoms with Crippen molar-refractivity contribution < 1.29 is 14.1 Å². The largest absolute Gasteiger partial charge is 0.495 e. The lowest BCUT2D eigenvalue weighted by atomic mass is 10.1. The van der Waals surface area contributed by atoms with Crippen LogP contribution in [0.5, 0.6) is 5.75 Å². The molecule has 5 heteroatoms. The van der Waals surface area contributed by atoms with E-state index in [4.69, 9.17) is 9.26 Å². The predicted molar refractivity (Wildman–Crippen MR) is 84.1 cm³/mol. The van der Waals surface area contributed by atoms with Crippen LogP contribution in [-0.2, 0) is 11.2 Å². The topological polar surface area (TPSA) is 64.4 Å². The van der Waals surface area contributed by atoms with Gasteiger partial charge in [0.05, 0.1) is 19.2 Å². The number of methoxy groups -OCH3 is 1. The van der Waals surface area contributed by atoms with Crippen LogP contribution in [0, 0.1) is 6.92 Å². The fourth-order valence-corrected chi connectivity index (χ4v) is 2.33. The zero-order chi connectivity index (χ0) is 15.5. The average molecular weight is 296 g/mol. The molecule has 0 fully saturated rings. The van der Waals surface area contributed by atoms with Crippen molar-refractivity contribution in [3.63, 3.8) is 0 Å². The molecule has 0 saturated carbocycles. The second-order valence-electron chi connectivity index (χ2n) is 5.05. The van der Waals surface area contributed by atoms with Gasteiger partial charge in [-0.25, -0.2) is 0 Å². The van der Waals surface area contributed by atoms with Gasteiger partial charge < -0.3 is 14.6 Å². The maximum atomic E-state index is 12.3. The Bertz CT molecular complexity index is 824. The van der Waals surface area contributed by atoms with Crippen molar-refractivity contribution in [1.29, 1.82) is 0 Å². The number of nitrogens with zero attached hydrogens (tertiary/aromatic N) is 1. The summed E-state index contributed by atoms with van der Waals surface area (Å²) >= 11 is 0. The minimum Gasteiger partial charge on any atom is -0.495 e. The quantitative estimate of drug-likeness (QED) is 0.802. The summed E-state index contributed by atoms with van der Waals surface area (Å²) < 4.78 is 10.5. The standard InChI is InChI=1S/C17H16N2O3/c1-11-7-8-16(21-2)14(9-11)18-17(20)10-13-12-5-3-4-6-15(12)22-19-13/h3-9H,10H2,1-2H3,(H,18,20). The molecule has 1 aromatic heterocycles. The Balaban J connectivity index is 1.79. The molecular formula is C17H16N2O3. The number of hydrogen-bond acceptors (Lipinski definition) is 4. The van der Waals surface area contributed by atoms with Crippen LogP contribution in [0.2, 0.25) is 0 Å². The van der Waals surface area contributed by atoms with Gasteiger partial charge >= 0.3 is 0 Å². The molecule has 0 atom stereocenters. The van der Waals surface area contributed by atoms with Crippen LogP contribution in [0.3, 0.4) is 0 Å². The van der Waals surface area contributed by atoms with E-state index in [1.54, 1.807) is 7.11 Å². The number of fused-ring (bicyclic) bond motifs is 1. The molecule has 1 N–H and O–H groups in total. The summed E-state index contributed by atoms with van der Waals surface area (Å²) in [6, 6.07) is 13.1. The zero-order valence-corrected chi connectivity index (χ0v) is 12.4. The fraction of sp³-hybridized carbons (Fsp3) is 0.176. The van der Waals surface area contributed by atoms with Gasteiger partial charge in [0.2, 0.25) is 5.91 Å². The number of carbonyl (C=O) groups is 1. The van der Waals surface area contributed by atoms with Crippen molar-refractivity contribution in [1.82, 2.24) is 5.16 Å². The first-order valence-corrected chi connectivity index (χ1v) is 6.95. The number of para-hydroxylation sites is 1. The van der Waals surface area contributed by atoms with E-state index in [1.165, 1.54) is 0 Å². The molecule has 2 aromatic carbocycles. The molecular weight excluding hydrogens is 280 g/mol. The highest BCUT2D eigenvalue weighted by Gasteiger charge is 2.13. The Morgan fingerprint density at radius 2 is 2.09 bits per heavy atom. The summed E-state index contributed by atoms with van der Waals surface area (Å²) in [7, 11) is 1.57. The van der Waals surface area contributed by atoms with E-state index in [-0.39, 0.29) is 12.3 Å². The number of aromatic nitrogens is 1. The summed E-state index contributed by atoms with van der Waals surface area (Å²) in [6.07, 6.45) is 0.147. The number of aryl methyl sites for hydroxylation is 1. The first kappa shape index (κ1) is 14.1. The third kappa shape index (κ3) is 2.79. The zero-order valence-electron chi connectivity index (χ0n) is 12.4. The molecule has 1 heterocycles. The summed E-state index contributed by atoms with van der Waals surface area (Å²) in [5.41, 5.74) is 3.00.